The van der Waals surface area contributed by atoms with Crippen LogP contribution >= 0.6 is 0 Å². The summed E-state index contributed by atoms with van der Waals surface area (Å²) in [6, 6.07) is 6.71. The van der Waals surface area contributed by atoms with Crippen molar-refractivity contribution in [1.29, 1.82) is 0 Å². The van der Waals surface area contributed by atoms with E-state index < -0.39 is 10.8 Å². The van der Waals surface area contributed by atoms with Gasteiger partial charge in [0.05, 0.1) is 0 Å². The van der Waals surface area contributed by atoms with Crippen molar-refractivity contribution in [1.82, 2.24) is 5.32 Å². The van der Waals surface area contributed by atoms with Gasteiger partial charge < -0.3 is 10.1 Å². The summed E-state index contributed by atoms with van der Waals surface area (Å²) in [5.41, 5.74) is 3.76. The van der Waals surface area contributed by atoms with Crippen LogP contribution in [-0.2, 0) is 15.5 Å². The summed E-state index contributed by atoms with van der Waals surface area (Å²) >= 11 is 0. The van der Waals surface area contributed by atoms with Crippen LogP contribution in [0.4, 0.5) is 0 Å². The van der Waals surface area contributed by atoms with Crippen LogP contribution < -0.4 is 5.32 Å². The summed E-state index contributed by atoms with van der Waals surface area (Å²) < 4.78 is 17.2. The van der Waals surface area contributed by atoms with Gasteiger partial charge in [0.15, 0.2) is 0 Å². The molecule has 0 saturated carbocycles. The van der Waals surface area contributed by atoms with Crippen LogP contribution in [0.3, 0.4) is 0 Å². The van der Waals surface area contributed by atoms with Crippen molar-refractivity contribution in [3.8, 4) is 0 Å². The minimum atomic E-state index is -0.809. The first kappa shape index (κ1) is 17.3. The van der Waals surface area contributed by atoms with E-state index in [9.17, 15) is 4.21 Å². The van der Waals surface area contributed by atoms with Crippen molar-refractivity contribution in [3.63, 3.8) is 0 Å². The molecule has 0 spiro atoms. The zero-order chi connectivity index (χ0) is 15.0. The van der Waals surface area contributed by atoms with Crippen molar-refractivity contribution >= 4 is 10.8 Å². The van der Waals surface area contributed by atoms with Gasteiger partial charge >= 0.3 is 0 Å². The number of nitrogens with one attached hydrogen (secondary N) is 1. The Morgan fingerprint density at radius 1 is 1.25 bits per heavy atom. The summed E-state index contributed by atoms with van der Waals surface area (Å²) in [4.78, 5) is 0. The Morgan fingerprint density at radius 3 is 2.45 bits per heavy atom. The molecule has 114 valence electrons. The number of hydrogen-bond donors (Lipinski definition) is 1. The Bertz CT molecular complexity index is 414. The van der Waals surface area contributed by atoms with E-state index in [2.05, 4.69) is 44.3 Å². The van der Waals surface area contributed by atoms with Crippen LogP contribution in [0, 0.1) is 13.8 Å². The molecular formula is C16H27NO2S. The molecule has 4 heteroatoms. The first-order chi connectivity index (χ1) is 9.56. The van der Waals surface area contributed by atoms with Crippen LogP contribution in [0.5, 0.6) is 0 Å². The minimum absolute atomic E-state index is 0.168. The Labute approximate surface area is 125 Å². The second-order valence-corrected chi connectivity index (χ2v) is 6.81. The average Bonchev–Trinajstić information content (AvgIpc) is 2.37. The highest BCUT2D eigenvalue weighted by Gasteiger charge is 2.14. The van der Waals surface area contributed by atoms with Crippen LogP contribution in [0.15, 0.2) is 18.2 Å². The molecule has 1 rings (SSSR count). The van der Waals surface area contributed by atoms with Gasteiger partial charge in [0, 0.05) is 42.1 Å². The fourth-order valence-corrected chi connectivity index (χ4v) is 3.65. The molecule has 20 heavy (non-hydrogen) atoms. The molecule has 0 aliphatic rings. The lowest BCUT2D eigenvalue weighted by atomic mass is 10.0. The molecule has 0 aromatic heterocycles. The molecule has 2 unspecified atom stereocenters. The topological polar surface area (TPSA) is 38.3 Å². The molecule has 0 saturated heterocycles. The van der Waals surface area contributed by atoms with E-state index in [1.54, 1.807) is 7.11 Å². The number of rotatable bonds is 9. The monoisotopic (exact) mass is 297 g/mol. The molecule has 0 aliphatic carbocycles. The number of ether oxygens (including phenoxy) is 1. The van der Waals surface area contributed by atoms with E-state index >= 15 is 0 Å². The van der Waals surface area contributed by atoms with E-state index in [0.29, 0.717) is 18.1 Å². The Hall–Kier alpha value is -0.710. The van der Waals surface area contributed by atoms with Gasteiger partial charge in [0.2, 0.25) is 0 Å². The van der Waals surface area contributed by atoms with Gasteiger partial charge in [0.1, 0.15) is 0 Å². The lowest BCUT2D eigenvalue weighted by Gasteiger charge is -2.19. The van der Waals surface area contributed by atoms with Crippen LogP contribution in [0.2, 0.25) is 0 Å². The van der Waals surface area contributed by atoms with E-state index in [1.165, 1.54) is 16.7 Å². The Kier molecular flexibility index (Phi) is 8.04. The number of methoxy groups -OCH3 is 1. The molecule has 1 N–H and O–H groups in total. The number of aryl methyl sites for hydroxylation is 2. The van der Waals surface area contributed by atoms with Gasteiger partial charge in [-0.15, -0.1) is 0 Å². The van der Waals surface area contributed by atoms with Crippen molar-refractivity contribution in [3.05, 3.63) is 34.9 Å². The summed E-state index contributed by atoms with van der Waals surface area (Å²) in [5, 5.41) is 3.45. The zero-order valence-electron chi connectivity index (χ0n) is 13.1. The average molecular weight is 297 g/mol. The smallest absolute Gasteiger partial charge is 0.0471 e. The highest BCUT2D eigenvalue weighted by molar-refractivity contribution is 7.85. The third kappa shape index (κ3) is 6.16. The highest BCUT2D eigenvalue weighted by Crippen LogP contribution is 2.18. The molecule has 1 aromatic carbocycles. The van der Waals surface area contributed by atoms with Gasteiger partial charge in [-0.2, -0.15) is 0 Å². The predicted octanol–water partition coefficient (Wildman–Crippen LogP) is 2.74. The van der Waals surface area contributed by atoms with E-state index in [-0.39, 0.29) is 6.04 Å². The molecule has 0 amide bonds. The van der Waals surface area contributed by atoms with Crippen molar-refractivity contribution < 1.29 is 8.95 Å². The maximum Gasteiger partial charge on any atom is 0.0471 e. The molecule has 2 atom stereocenters. The van der Waals surface area contributed by atoms with E-state index in [1.807, 2.05) is 0 Å². The normalized spacial score (nSPS) is 14.2. The summed E-state index contributed by atoms with van der Waals surface area (Å²) in [6.07, 6.45) is 0.856. The van der Waals surface area contributed by atoms with E-state index in [4.69, 9.17) is 4.74 Å². The lowest BCUT2D eigenvalue weighted by Crippen LogP contribution is -2.27. The number of benzene rings is 1. The zero-order valence-corrected chi connectivity index (χ0v) is 13.9. The highest BCUT2D eigenvalue weighted by atomic mass is 32.2. The molecule has 0 fully saturated rings. The van der Waals surface area contributed by atoms with Crippen molar-refractivity contribution in [2.45, 2.75) is 33.2 Å². The van der Waals surface area contributed by atoms with Crippen LogP contribution in [0.25, 0.3) is 0 Å². The molecule has 0 radical (unpaired) electrons. The second-order valence-electron chi connectivity index (χ2n) is 5.19. The van der Waals surface area contributed by atoms with Crippen LogP contribution in [-0.4, -0.2) is 36.0 Å². The Balaban J connectivity index is 2.70. The molecule has 0 aliphatic heterocycles. The van der Waals surface area contributed by atoms with Crippen LogP contribution in [0.1, 0.15) is 36.1 Å². The van der Waals surface area contributed by atoms with Crippen molar-refractivity contribution in [2.75, 3.05) is 31.8 Å². The molecule has 1 aromatic rings. The molecule has 3 nitrogen and oxygen atoms in total. The summed E-state index contributed by atoms with van der Waals surface area (Å²) in [6.45, 7) is 7.86. The number of hydrogen-bond acceptors (Lipinski definition) is 3. The summed E-state index contributed by atoms with van der Waals surface area (Å²) in [7, 11) is 0.871. The third-order valence-corrected chi connectivity index (χ3v) is 4.62. The van der Waals surface area contributed by atoms with Gasteiger partial charge in [-0.05, 0) is 32.4 Å². The SMILES string of the molecule is CCNC(CS(=O)CCCOC)c1cc(C)cc(C)c1. The fraction of sp³-hybridized carbons (Fsp3) is 0.625. The van der Waals surface area contributed by atoms with Gasteiger partial charge in [-0.3, -0.25) is 4.21 Å². The first-order valence-electron chi connectivity index (χ1n) is 7.22. The van der Waals surface area contributed by atoms with Gasteiger partial charge in [-0.1, -0.05) is 36.2 Å². The lowest BCUT2D eigenvalue weighted by molar-refractivity contribution is 0.200. The fourth-order valence-electron chi connectivity index (χ4n) is 2.36. The maximum atomic E-state index is 12.2. The largest absolute Gasteiger partial charge is 0.385 e. The minimum Gasteiger partial charge on any atom is -0.385 e. The molecule has 0 bridgehead atoms. The first-order valence-corrected chi connectivity index (χ1v) is 8.71. The standard InChI is InChI=1S/C16H27NO2S/c1-5-17-16(12-20(18)8-6-7-19-4)15-10-13(2)9-14(3)11-15/h9-11,16-17H,5-8,12H2,1-4H3. The van der Waals surface area contributed by atoms with Gasteiger partial charge in [0.25, 0.3) is 0 Å². The second kappa shape index (κ2) is 9.27. The Morgan fingerprint density at radius 2 is 1.90 bits per heavy atom. The van der Waals surface area contributed by atoms with E-state index in [0.717, 1.165) is 13.0 Å². The van der Waals surface area contributed by atoms with Crippen molar-refractivity contribution in [2.24, 2.45) is 0 Å². The third-order valence-electron chi connectivity index (χ3n) is 3.17. The summed E-state index contributed by atoms with van der Waals surface area (Å²) in [5.74, 6) is 1.38. The van der Waals surface area contributed by atoms with Gasteiger partial charge in [-0.25, -0.2) is 0 Å². The molecular weight excluding hydrogens is 270 g/mol. The predicted molar refractivity (Wildman–Crippen MR) is 86.7 cm³/mol. The quantitative estimate of drug-likeness (QED) is 0.712. The maximum absolute atomic E-state index is 12.2. The molecule has 0 heterocycles.